The number of benzene rings is 4. The van der Waals surface area contributed by atoms with Crippen molar-refractivity contribution in [2.75, 3.05) is 0 Å². The van der Waals surface area contributed by atoms with Crippen molar-refractivity contribution in [2.45, 2.75) is 25.5 Å². The maximum Gasteiger partial charge on any atom is 0.294 e. The van der Waals surface area contributed by atoms with Crippen LogP contribution in [-0.4, -0.2) is 72.1 Å². The molecule has 0 saturated heterocycles. The number of aromatic nitrogens is 3. The van der Waals surface area contributed by atoms with Gasteiger partial charge in [0, 0.05) is 45.9 Å². The monoisotopic (exact) mass is 950 g/mol. The summed E-state index contributed by atoms with van der Waals surface area (Å²) in [6.07, 6.45) is 3.56. The van der Waals surface area contributed by atoms with E-state index in [1.165, 1.54) is 72.8 Å². The summed E-state index contributed by atoms with van der Waals surface area (Å²) in [4.78, 5) is 10.9. The summed E-state index contributed by atoms with van der Waals surface area (Å²) in [6.45, 7) is 0. The second-order valence-electron chi connectivity index (χ2n) is 15.1. The Hall–Kier alpha value is -6.75. The number of fused-ring (bicyclic) bond motifs is 7. The van der Waals surface area contributed by atoms with E-state index >= 15 is 0 Å². The van der Waals surface area contributed by atoms with Crippen LogP contribution in [0.15, 0.2) is 176 Å². The van der Waals surface area contributed by atoms with Crippen molar-refractivity contribution in [3.05, 3.63) is 207 Å². The second kappa shape index (κ2) is 15.7. The molecule has 2 aliphatic heterocycles. The van der Waals surface area contributed by atoms with Gasteiger partial charge < -0.3 is 14.5 Å². The lowest BCUT2D eigenvalue weighted by molar-refractivity contribution is 0.481. The quantitative estimate of drug-likeness (QED) is 0.109. The Balaban J connectivity index is 1.39. The number of nitrogens with one attached hydrogen (secondary N) is 2. The van der Waals surface area contributed by atoms with Gasteiger partial charge in [-0.25, -0.2) is 0 Å². The number of aromatic amines is 2. The fraction of sp³-hybridized carbons (Fsp3) is 0.0444. The van der Waals surface area contributed by atoms with Gasteiger partial charge in [0.05, 0.1) is 48.3 Å². The molecule has 5 heterocycles. The lowest BCUT2D eigenvalue weighted by Crippen LogP contribution is -2.19. The Kier molecular flexibility index (Phi) is 10.5. The van der Waals surface area contributed by atoms with Crippen LogP contribution in [-0.2, 0) is 47.5 Å². The highest BCUT2D eigenvalue weighted by atomic mass is 32.2. The number of hydrogen-bond acceptors (Lipinski definition) is 9. The molecule has 9 rings (SSSR count). The molecule has 1 unspecified atom stereocenters. The molecule has 6 N–H and O–H groups in total. The third kappa shape index (κ3) is 8.28. The highest BCUT2D eigenvalue weighted by Crippen LogP contribution is 2.38. The van der Waals surface area contributed by atoms with Gasteiger partial charge in [0.15, 0.2) is 0 Å². The molecule has 330 valence electrons. The smallest absolute Gasteiger partial charge is 0.294 e. The second-order valence-corrected chi connectivity index (χ2v) is 20.8. The molecule has 3 aromatic heterocycles. The van der Waals surface area contributed by atoms with Crippen LogP contribution in [0.5, 0.6) is 0 Å². The Bertz CT molecular complexity index is 3790. The molecule has 7 aromatic rings. The van der Waals surface area contributed by atoms with Crippen LogP contribution < -0.4 is 10.7 Å². The Morgan fingerprint density at radius 2 is 0.877 bits per heavy atom. The predicted octanol–water partition coefficient (Wildman–Crippen LogP) is 5.08. The average Bonchev–Trinajstić information content (AvgIpc) is 4.09. The normalized spacial score (nSPS) is 18.5. The zero-order valence-corrected chi connectivity index (χ0v) is 36.8. The summed E-state index contributed by atoms with van der Waals surface area (Å²) in [5.41, 5.74) is 7.12. The summed E-state index contributed by atoms with van der Waals surface area (Å²) in [6, 6.07) is 33.4. The molecule has 0 amide bonds. The minimum absolute atomic E-state index is 0.321. The molecule has 20 heteroatoms. The lowest BCUT2D eigenvalue weighted by atomic mass is 9.91. The standard InChI is InChI=1S/C45H34N4O12S4/c1-49-40-24-25-41(49)45(29-8-16-33(17-9-29)65(59,60)61)39-23-21-37(48-39)43(27-4-12-31(13-5-27)63(53,54)55)35-19-18-34(46-35)42(26-2-10-30(11-3-26)62(50,51)52)36-20-22-38(47-36)44(40)28-6-14-32(15-7-28)64(56,57)58/h2-25,42,46,48H,1H3,(H,50,51,52)(H,53,54,55)(H,56,57,58)(H,59,60,61)/b43-37-,44-38-,45-39-. The Morgan fingerprint density at radius 3 is 1.35 bits per heavy atom. The first-order chi connectivity index (χ1) is 30.6. The fourth-order valence-electron chi connectivity index (χ4n) is 8.15. The minimum Gasteiger partial charge on any atom is -0.357 e. The van der Waals surface area contributed by atoms with E-state index in [-0.39, 0.29) is 19.6 Å². The maximum absolute atomic E-state index is 12.1. The molecular weight excluding hydrogens is 917 g/mol. The number of aliphatic imine (C=N–C) groups is 1. The fourth-order valence-corrected chi connectivity index (χ4v) is 10.1. The molecular formula is C45H34N4O12S4. The molecule has 0 saturated carbocycles. The zero-order chi connectivity index (χ0) is 46.2. The van der Waals surface area contributed by atoms with Crippen LogP contribution in [0.1, 0.15) is 50.9 Å². The van der Waals surface area contributed by atoms with Gasteiger partial charge in [0.25, 0.3) is 40.5 Å². The molecule has 0 fully saturated rings. The van der Waals surface area contributed by atoms with E-state index in [0.29, 0.717) is 83.9 Å². The van der Waals surface area contributed by atoms with E-state index in [1.807, 2.05) is 28.8 Å². The largest absolute Gasteiger partial charge is 0.357 e. The van der Waals surface area contributed by atoms with Gasteiger partial charge in [-0.2, -0.15) is 33.7 Å². The molecule has 1 atom stereocenters. The van der Waals surface area contributed by atoms with Crippen LogP contribution in [0.25, 0.3) is 16.7 Å². The van der Waals surface area contributed by atoms with E-state index in [9.17, 15) is 51.9 Å². The summed E-state index contributed by atoms with van der Waals surface area (Å²) in [5, 5.41) is 1.08. The van der Waals surface area contributed by atoms with E-state index in [1.54, 1.807) is 55.6 Å². The van der Waals surface area contributed by atoms with E-state index in [4.69, 9.17) is 4.99 Å². The van der Waals surface area contributed by atoms with Crippen LogP contribution in [0, 0.1) is 0 Å². The van der Waals surface area contributed by atoms with Gasteiger partial charge in [-0.05, 0) is 119 Å². The summed E-state index contributed by atoms with van der Waals surface area (Å²) in [7, 11) is -16.4. The number of allylic oxidation sites excluding steroid dienone is 2. The molecule has 0 aliphatic carbocycles. The molecule has 2 aliphatic rings. The topological polar surface area (TPSA) is 266 Å². The first-order valence-corrected chi connectivity index (χ1v) is 25.0. The molecule has 0 spiro atoms. The van der Waals surface area contributed by atoms with Crippen molar-refractivity contribution < 1.29 is 51.9 Å². The Labute approximate surface area is 372 Å². The van der Waals surface area contributed by atoms with Crippen LogP contribution in [0.3, 0.4) is 0 Å². The summed E-state index contributed by atoms with van der Waals surface area (Å²) >= 11 is 0. The third-order valence-corrected chi connectivity index (χ3v) is 14.7. The van der Waals surface area contributed by atoms with Gasteiger partial charge in [-0.3, -0.25) is 23.2 Å². The number of nitrogens with zero attached hydrogens (tertiary/aromatic N) is 2. The van der Waals surface area contributed by atoms with Crippen molar-refractivity contribution in [3.8, 4) is 0 Å². The van der Waals surface area contributed by atoms with Gasteiger partial charge in [0.2, 0.25) is 0 Å². The van der Waals surface area contributed by atoms with Gasteiger partial charge in [-0.15, -0.1) is 0 Å². The molecule has 16 nitrogen and oxygen atoms in total. The van der Waals surface area contributed by atoms with E-state index < -0.39 is 46.4 Å². The summed E-state index contributed by atoms with van der Waals surface area (Å²) in [5.74, 6) is -0.694. The molecule has 65 heavy (non-hydrogen) atoms. The van der Waals surface area contributed by atoms with Gasteiger partial charge in [0.1, 0.15) is 0 Å². The van der Waals surface area contributed by atoms with E-state index in [0.717, 1.165) is 0 Å². The van der Waals surface area contributed by atoms with Crippen molar-refractivity contribution in [1.82, 2.24) is 14.5 Å². The predicted molar refractivity (Wildman–Crippen MR) is 239 cm³/mol. The first kappa shape index (κ1) is 43.5. The molecule has 0 radical (unpaired) electrons. The number of H-pyrrole nitrogens is 2. The average molecular weight is 951 g/mol. The highest BCUT2D eigenvalue weighted by Gasteiger charge is 2.28. The maximum atomic E-state index is 12.1. The van der Waals surface area contributed by atoms with Crippen molar-refractivity contribution in [3.63, 3.8) is 0 Å². The van der Waals surface area contributed by atoms with Crippen LogP contribution in [0.2, 0.25) is 0 Å². The minimum atomic E-state index is -4.54. The zero-order valence-electron chi connectivity index (χ0n) is 33.5. The summed E-state index contributed by atoms with van der Waals surface area (Å²) < 4.78 is 138. The van der Waals surface area contributed by atoms with Crippen molar-refractivity contribution in [1.29, 1.82) is 0 Å². The van der Waals surface area contributed by atoms with Gasteiger partial charge in [-0.1, -0.05) is 48.5 Å². The van der Waals surface area contributed by atoms with Crippen molar-refractivity contribution >= 4 is 62.9 Å². The molecule has 8 bridgehead atoms. The van der Waals surface area contributed by atoms with Crippen LogP contribution in [0.4, 0.5) is 0 Å². The Morgan fingerprint density at radius 1 is 0.462 bits per heavy atom. The van der Waals surface area contributed by atoms with Gasteiger partial charge >= 0.3 is 0 Å². The number of rotatable bonds is 8. The molecule has 4 aromatic carbocycles. The lowest BCUT2D eigenvalue weighted by Gasteiger charge is -2.18. The third-order valence-electron chi connectivity index (χ3n) is 11.2. The first-order valence-electron chi connectivity index (χ1n) is 19.3. The number of hydrogen-bond donors (Lipinski definition) is 6. The van der Waals surface area contributed by atoms with Crippen LogP contribution >= 0.6 is 0 Å². The SMILES string of the molecule is Cn1c2ccc1/C(c1ccc(S(=O)(=O)O)cc1)=c1/cc/c([nH]1)=C(\c1ccc(S(=O)(=O)O)cc1)c1ccc([nH]1)C(c1ccc(S(=O)(=O)O)cc1)C1=N/C(=C\2c2ccc(S(=O)(=O)O)cc2)C=C1. The van der Waals surface area contributed by atoms with Crippen molar-refractivity contribution in [2.24, 2.45) is 12.0 Å². The van der Waals surface area contributed by atoms with E-state index in [2.05, 4.69) is 9.97 Å². The highest BCUT2D eigenvalue weighted by molar-refractivity contribution is 7.86.